The number of anilines is 1. The molecule has 0 radical (unpaired) electrons. The monoisotopic (exact) mass is 332 g/mol. The fraction of sp³-hybridized carbons (Fsp3) is 0.0952. The first-order valence-corrected chi connectivity index (χ1v) is 8.38. The summed E-state index contributed by atoms with van der Waals surface area (Å²) in [4.78, 5) is 7.04. The second kappa shape index (κ2) is 6.50. The Morgan fingerprint density at radius 1 is 0.708 bits per heavy atom. The molecule has 1 aliphatic heterocycles. The minimum Gasteiger partial charge on any atom is -0.323 e. The van der Waals surface area contributed by atoms with Crippen molar-refractivity contribution in [1.29, 1.82) is 0 Å². The van der Waals surface area contributed by atoms with Crippen LogP contribution < -0.4 is 4.90 Å². The molecule has 3 heteroatoms. The van der Waals surface area contributed by atoms with E-state index in [2.05, 4.69) is 53.4 Å². The zero-order chi connectivity index (χ0) is 16.4. The van der Waals surface area contributed by atoms with Gasteiger partial charge in [0.25, 0.3) is 0 Å². The maximum atomic E-state index is 6.04. The van der Waals surface area contributed by atoms with Crippen molar-refractivity contribution >= 4 is 23.6 Å². The molecule has 1 heterocycles. The highest BCUT2D eigenvalue weighted by Gasteiger charge is 2.33. The molecular formula is C21H17ClN2. The highest BCUT2D eigenvalue weighted by Crippen LogP contribution is 2.42. The van der Waals surface area contributed by atoms with E-state index in [9.17, 15) is 0 Å². The summed E-state index contributed by atoms with van der Waals surface area (Å²) in [7, 11) is 0. The van der Waals surface area contributed by atoms with E-state index < -0.39 is 0 Å². The lowest BCUT2D eigenvalue weighted by atomic mass is 9.93. The van der Waals surface area contributed by atoms with E-state index in [1.54, 1.807) is 0 Å². The molecule has 0 saturated heterocycles. The van der Waals surface area contributed by atoms with E-state index in [1.807, 2.05) is 42.7 Å². The Balaban J connectivity index is 1.77. The summed E-state index contributed by atoms with van der Waals surface area (Å²) in [6.45, 7) is 0. The molecule has 0 aromatic heterocycles. The summed E-state index contributed by atoms with van der Waals surface area (Å²) in [5.41, 5.74) is 3.56. The SMILES string of the molecule is Clc1ccc(N2C=N[C@@H](c3ccccc3)[C@H]2c2ccccc2)cc1. The quantitative estimate of drug-likeness (QED) is 0.603. The lowest BCUT2D eigenvalue weighted by Crippen LogP contribution is -2.25. The fourth-order valence-corrected chi connectivity index (χ4v) is 3.33. The standard InChI is InChI=1S/C21H17ClN2/c22-18-11-13-19(14-12-18)24-15-23-20(16-7-3-1-4-8-16)21(24)17-9-5-2-6-10-17/h1-15,20-21H/t20-,21+/m0/s1. The summed E-state index contributed by atoms with van der Waals surface area (Å²) in [5.74, 6) is 0. The Kier molecular flexibility index (Phi) is 4.06. The summed E-state index contributed by atoms with van der Waals surface area (Å²) in [6.07, 6.45) is 1.94. The van der Waals surface area contributed by atoms with Gasteiger partial charge in [0.2, 0.25) is 0 Å². The smallest absolute Gasteiger partial charge is 0.102 e. The number of nitrogens with zero attached hydrogens (tertiary/aromatic N) is 2. The van der Waals surface area contributed by atoms with Crippen LogP contribution in [-0.4, -0.2) is 6.34 Å². The van der Waals surface area contributed by atoms with Gasteiger partial charge in [-0.05, 0) is 35.4 Å². The molecule has 24 heavy (non-hydrogen) atoms. The lowest BCUT2D eigenvalue weighted by Gasteiger charge is -2.29. The molecule has 3 aromatic rings. The third-order valence-corrected chi connectivity index (χ3v) is 4.61. The van der Waals surface area contributed by atoms with E-state index in [1.165, 1.54) is 11.1 Å². The topological polar surface area (TPSA) is 15.6 Å². The van der Waals surface area contributed by atoms with Crippen molar-refractivity contribution in [3.8, 4) is 0 Å². The first kappa shape index (κ1) is 15.0. The lowest BCUT2D eigenvalue weighted by molar-refractivity contribution is 0.612. The Labute approximate surface area is 147 Å². The molecule has 2 atom stereocenters. The van der Waals surface area contributed by atoms with Crippen LogP contribution in [0.4, 0.5) is 5.69 Å². The van der Waals surface area contributed by atoms with E-state index in [0.717, 1.165) is 10.7 Å². The first-order valence-electron chi connectivity index (χ1n) is 8.00. The Morgan fingerprint density at radius 2 is 1.29 bits per heavy atom. The van der Waals surface area contributed by atoms with E-state index >= 15 is 0 Å². The molecular weight excluding hydrogens is 316 g/mol. The third-order valence-electron chi connectivity index (χ3n) is 4.36. The highest BCUT2D eigenvalue weighted by molar-refractivity contribution is 6.30. The number of aliphatic imine (C=N–C) groups is 1. The first-order chi connectivity index (χ1) is 11.8. The Morgan fingerprint density at radius 3 is 1.92 bits per heavy atom. The van der Waals surface area contributed by atoms with Crippen LogP contribution in [-0.2, 0) is 0 Å². The minimum absolute atomic E-state index is 0.0734. The van der Waals surface area contributed by atoms with Crippen molar-refractivity contribution in [1.82, 2.24) is 0 Å². The second-order valence-corrected chi connectivity index (χ2v) is 6.30. The van der Waals surface area contributed by atoms with Crippen LogP contribution in [0.3, 0.4) is 0 Å². The van der Waals surface area contributed by atoms with Gasteiger partial charge in [-0.15, -0.1) is 0 Å². The van der Waals surface area contributed by atoms with Crippen molar-refractivity contribution in [2.45, 2.75) is 12.1 Å². The number of hydrogen-bond acceptors (Lipinski definition) is 2. The molecule has 1 aliphatic rings. The van der Waals surface area contributed by atoms with Gasteiger partial charge in [0, 0.05) is 10.7 Å². The van der Waals surface area contributed by atoms with Crippen molar-refractivity contribution in [2.24, 2.45) is 4.99 Å². The van der Waals surface area contributed by atoms with Gasteiger partial charge >= 0.3 is 0 Å². The summed E-state index contributed by atoms with van der Waals surface area (Å²) >= 11 is 6.04. The van der Waals surface area contributed by atoms with Gasteiger partial charge < -0.3 is 4.90 Å². The van der Waals surface area contributed by atoms with Crippen LogP contribution >= 0.6 is 11.6 Å². The van der Waals surface area contributed by atoms with Crippen molar-refractivity contribution < 1.29 is 0 Å². The van der Waals surface area contributed by atoms with Crippen molar-refractivity contribution in [3.05, 3.63) is 101 Å². The normalized spacial score (nSPS) is 19.6. The molecule has 3 aromatic carbocycles. The van der Waals surface area contributed by atoms with Crippen LogP contribution in [0.1, 0.15) is 23.2 Å². The maximum absolute atomic E-state index is 6.04. The Bertz CT molecular complexity index is 829. The molecule has 118 valence electrons. The zero-order valence-corrected chi connectivity index (χ0v) is 13.8. The molecule has 4 rings (SSSR count). The average molecular weight is 333 g/mol. The number of benzene rings is 3. The number of rotatable bonds is 3. The van der Waals surface area contributed by atoms with Crippen molar-refractivity contribution in [3.63, 3.8) is 0 Å². The fourth-order valence-electron chi connectivity index (χ4n) is 3.20. The van der Waals surface area contributed by atoms with Crippen LogP contribution in [0.5, 0.6) is 0 Å². The number of hydrogen-bond donors (Lipinski definition) is 0. The highest BCUT2D eigenvalue weighted by atomic mass is 35.5. The van der Waals surface area contributed by atoms with E-state index in [-0.39, 0.29) is 12.1 Å². The predicted octanol–water partition coefficient (Wildman–Crippen LogP) is 5.67. The molecule has 0 aliphatic carbocycles. The molecule has 0 bridgehead atoms. The molecule has 0 amide bonds. The maximum Gasteiger partial charge on any atom is 0.102 e. The molecule has 0 spiro atoms. The van der Waals surface area contributed by atoms with Crippen LogP contribution in [0.25, 0.3) is 0 Å². The van der Waals surface area contributed by atoms with Gasteiger partial charge in [-0.25, -0.2) is 0 Å². The molecule has 2 nitrogen and oxygen atoms in total. The van der Waals surface area contributed by atoms with E-state index in [4.69, 9.17) is 16.6 Å². The van der Waals surface area contributed by atoms with Gasteiger partial charge in [-0.3, -0.25) is 4.99 Å². The van der Waals surface area contributed by atoms with Gasteiger partial charge in [0.1, 0.15) is 6.04 Å². The van der Waals surface area contributed by atoms with Gasteiger partial charge in [-0.2, -0.15) is 0 Å². The predicted molar refractivity (Wildman–Crippen MR) is 101 cm³/mol. The van der Waals surface area contributed by atoms with Gasteiger partial charge in [0.15, 0.2) is 0 Å². The van der Waals surface area contributed by atoms with Crippen LogP contribution in [0.15, 0.2) is 89.9 Å². The largest absolute Gasteiger partial charge is 0.323 e. The zero-order valence-electron chi connectivity index (χ0n) is 13.1. The minimum atomic E-state index is 0.0734. The van der Waals surface area contributed by atoms with Crippen molar-refractivity contribution in [2.75, 3.05) is 4.90 Å². The Hall–Kier alpha value is -2.58. The van der Waals surface area contributed by atoms with Crippen LogP contribution in [0.2, 0.25) is 5.02 Å². The molecule has 0 unspecified atom stereocenters. The summed E-state index contributed by atoms with van der Waals surface area (Å²) in [6, 6.07) is 29.1. The molecule has 0 N–H and O–H groups in total. The summed E-state index contributed by atoms with van der Waals surface area (Å²) in [5, 5.41) is 0.741. The van der Waals surface area contributed by atoms with Crippen LogP contribution in [0, 0.1) is 0 Å². The van der Waals surface area contributed by atoms with E-state index in [0.29, 0.717) is 0 Å². The molecule has 0 saturated carbocycles. The van der Waals surface area contributed by atoms with Gasteiger partial charge in [-0.1, -0.05) is 72.3 Å². The number of halogens is 1. The summed E-state index contributed by atoms with van der Waals surface area (Å²) < 4.78 is 0. The van der Waals surface area contributed by atoms with Gasteiger partial charge in [0.05, 0.1) is 12.4 Å². The molecule has 0 fully saturated rings. The second-order valence-electron chi connectivity index (χ2n) is 5.86. The average Bonchev–Trinajstić information content (AvgIpc) is 3.09. The third kappa shape index (κ3) is 2.81.